The summed E-state index contributed by atoms with van der Waals surface area (Å²) in [5, 5.41) is 8.13. The summed E-state index contributed by atoms with van der Waals surface area (Å²) in [5.41, 5.74) is 0. The molecule has 0 bridgehead atoms. The zero-order valence-electron chi connectivity index (χ0n) is 3.81. The quantitative estimate of drug-likeness (QED) is 0.429. The molecule has 1 heteroatoms. The van der Waals surface area contributed by atoms with E-state index in [9.17, 15) is 0 Å². The second-order valence-electron chi connectivity index (χ2n) is 1.95. The third kappa shape index (κ3) is 0.386. The zero-order chi connectivity index (χ0) is 4.57. The normalized spacial score (nSPS) is 41.3. The monoisotopic (exact) mass is 81.1 g/mol. The molecule has 1 fully saturated rings. The highest BCUT2D eigenvalue weighted by atomic mass is 14.4. The molecule has 1 nitrogen and oxygen atoms in total. The van der Waals surface area contributed by atoms with Crippen LogP contribution in [-0.2, 0) is 0 Å². The number of nitrogens with zero attached hydrogens (tertiary/aromatic N) is 1. The van der Waals surface area contributed by atoms with Crippen molar-refractivity contribution in [2.24, 2.45) is 11.8 Å². The topological polar surface area (TPSA) is 23.8 Å². The van der Waals surface area contributed by atoms with Crippen LogP contribution in [0, 0.1) is 23.2 Å². The fourth-order valence-electron chi connectivity index (χ4n) is 0.502. The van der Waals surface area contributed by atoms with Gasteiger partial charge in [-0.05, 0) is 12.3 Å². The lowest BCUT2D eigenvalue weighted by Gasteiger charge is -1.64. The molecule has 0 N–H and O–H groups in total. The Hall–Kier alpha value is -0.510. The second-order valence-corrected chi connectivity index (χ2v) is 1.95. The van der Waals surface area contributed by atoms with Gasteiger partial charge in [-0.15, -0.1) is 0 Å². The molecular formula is C5H7N. The van der Waals surface area contributed by atoms with Gasteiger partial charge < -0.3 is 0 Å². The van der Waals surface area contributed by atoms with Crippen molar-refractivity contribution >= 4 is 0 Å². The molecule has 0 aromatic heterocycles. The summed E-state index contributed by atoms with van der Waals surface area (Å²) in [6, 6.07) is 2.19. The summed E-state index contributed by atoms with van der Waals surface area (Å²) in [6.07, 6.45) is 1.14. The van der Waals surface area contributed by atoms with Crippen LogP contribution in [0.15, 0.2) is 0 Å². The average Bonchev–Trinajstić information content (AvgIpc) is 2.19. The van der Waals surface area contributed by atoms with Crippen LogP contribution < -0.4 is 0 Å². The molecule has 1 aliphatic carbocycles. The Labute approximate surface area is 37.6 Å². The van der Waals surface area contributed by atoms with Crippen molar-refractivity contribution in [3.8, 4) is 6.07 Å². The third-order valence-corrected chi connectivity index (χ3v) is 1.28. The fourth-order valence-corrected chi connectivity index (χ4v) is 0.502. The summed E-state index contributed by atoms with van der Waals surface area (Å²) < 4.78 is 0. The van der Waals surface area contributed by atoms with Crippen LogP contribution in [0.2, 0.25) is 0 Å². The van der Waals surface area contributed by atoms with Gasteiger partial charge in [-0.25, -0.2) is 0 Å². The van der Waals surface area contributed by atoms with Crippen molar-refractivity contribution in [2.45, 2.75) is 13.3 Å². The summed E-state index contributed by atoms with van der Waals surface area (Å²) in [5.74, 6) is 1.11. The van der Waals surface area contributed by atoms with E-state index in [0.717, 1.165) is 6.42 Å². The first-order chi connectivity index (χ1) is 2.84. The molecule has 2 atom stereocenters. The van der Waals surface area contributed by atoms with Crippen LogP contribution in [0.1, 0.15) is 13.3 Å². The average molecular weight is 81.1 g/mol. The number of rotatable bonds is 0. The van der Waals surface area contributed by atoms with E-state index in [1.165, 1.54) is 0 Å². The van der Waals surface area contributed by atoms with Gasteiger partial charge in [-0.2, -0.15) is 5.26 Å². The third-order valence-electron chi connectivity index (χ3n) is 1.28. The molecule has 0 aliphatic heterocycles. The molecule has 1 unspecified atom stereocenters. The molecule has 32 valence electrons. The number of hydrogen-bond acceptors (Lipinski definition) is 1. The molecule has 6 heavy (non-hydrogen) atoms. The van der Waals surface area contributed by atoms with Gasteiger partial charge in [0.2, 0.25) is 0 Å². The van der Waals surface area contributed by atoms with Gasteiger partial charge in [-0.1, -0.05) is 6.92 Å². The van der Waals surface area contributed by atoms with E-state index in [4.69, 9.17) is 5.26 Å². The van der Waals surface area contributed by atoms with Gasteiger partial charge in [0, 0.05) is 5.92 Å². The Morgan fingerprint density at radius 1 is 1.83 bits per heavy atom. The smallest absolute Gasteiger partial charge is 0.0658 e. The lowest BCUT2D eigenvalue weighted by atomic mass is 10.4. The van der Waals surface area contributed by atoms with Crippen LogP contribution in [-0.4, -0.2) is 0 Å². The van der Waals surface area contributed by atoms with Crippen molar-refractivity contribution in [2.75, 3.05) is 0 Å². The first kappa shape index (κ1) is 3.67. The highest BCUT2D eigenvalue weighted by Gasteiger charge is 2.31. The van der Waals surface area contributed by atoms with E-state index in [2.05, 4.69) is 13.0 Å². The molecule has 1 rings (SSSR count). The minimum Gasteiger partial charge on any atom is -0.198 e. The van der Waals surface area contributed by atoms with Crippen LogP contribution in [0.5, 0.6) is 0 Å². The van der Waals surface area contributed by atoms with Crippen LogP contribution >= 0.6 is 0 Å². The van der Waals surface area contributed by atoms with Gasteiger partial charge in [0.25, 0.3) is 0 Å². The first-order valence-corrected chi connectivity index (χ1v) is 2.24. The molecule has 0 radical (unpaired) electrons. The first-order valence-electron chi connectivity index (χ1n) is 2.24. The van der Waals surface area contributed by atoms with E-state index < -0.39 is 0 Å². The van der Waals surface area contributed by atoms with E-state index in [0.29, 0.717) is 11.8 Å². The number of hydrogen-bond donors (Lipinski definition) is 0. The fraction of sp³-hybridized carbons (Fsp3) is 0.800. The second kappa shape index (κ2) is 0.975. The lowest BCUT2D eigenvalue weighted by molar-refractivity contribution is 0.908. The minimum absolute atomic E-state index is 0.407. The zero-order valence-corrected chi connectivity index (χ0v) is 3.81. The van der Waals surface area contributed by atoms with Crippen LogP contribution in [0.25, 0.3) is 0 Å². The summed E-state index contributed by atoms with van der Waals surface area (Å²) >= 11 is 0. The predicted molar refractivity (Wildman–Crippen MR) is 22.9 cm³/mol. The lowest BCUT2D eigenvalue weighted by Crippen LogP contribution is -1.63. The molecule has 0 amide bonds. The van der Waals surface area contributed by atoms with E-state index in [1.54, 1.807) is 0 Å². The van der Waals surface area contributed by atoms with Gasteiger partial charge in [0.1, 0.15) is 0 Å². The maximum absolute atomic E-state index is 8.13. The standard InChI is InChI=1S/C5H7N/c1-4-2-5(4)3-6/h4-5H,2H2,1H3/t4-,5?/m0/s1. The summed E-state index contributed by atoms with van der Waals surface area (Å²) in [6.45, 7) is 2.11. The summed E-state index contributed by atoms with van der Waals surface area (Å²) in [4.78, 5) is 0. The van der Waals surface area contributed by atoms with Crippen molar-refractivity contribution < 1.29 is 0 Å². The molecule has 1 saturated carbocycles. The Kier molecular flexibility index (Phi) is 0.597. The van der Waals surface area contributed by atoms with E-state index in [1.807, 2.05) is 0 Å². The summed E-state index contributed by atoms with van der Waals surface area (Å²) in [7, 11) is 0. The highest BCUT2D eigenvalue weighted by Crippen LogP contribution is 2.36. The molecular weight excluding hydrogens is 74.1 g/mol. The van der Waals surface area contributed by atoms with Gasteiger partial charge >= 0.3 is 0 Å². The Balaban J connectivity index is 2.31. The Morgan fingerprint density at radius 2 is 2.33 bits per heavy atom. The molecule has 0 heterocycles. The maximum Gasteiger partial charge on any atom is 0.0658 e. The van der Waals surface area contributed by atoms with E-state index >= 15 is 0 Å². The van der Waals surface area contributed by atoms with Crippen molar-refractivity contribution in [1.29, 1.82) is 5.26 Å². The number of nitriles is 1. The van der Waals surface area contributed by atoms with Crippen molar-refractivity contribution in [3.05, 3.63) is 0 Å². The molecule has 0 saturated heterocycles. The predicted octanol–water partition coefficient (Wildman–Crippen LogP) is 1.17. The van der Waals surface area contributed by atoms with Gasteiger partial charge in [0.05, 0.1) is 6.07 Å². The molecule has 0 spiro atoms. The minimum atomic E-state index is 0.407. The SMILES string of the molecule is C[C@H]1CC1C#N. The van der Waals surface area contributed by atoms with Crippen LogP contribution in [0.3, 0.4) is 0 Å². The molecule has 0 aromatic rings. The Morgan fingerprint density at radius 3 is 2.33 bits per heavy atom. The maximum atomic E-state index is 8.13. The highest BCUT2D eigenvalue weighted by molar-refractivity contribution is 4.98. The van der Waals surface area contributed by atoms with Gasteiger partial charge in [-0.3, -0.25) is 0 Å². The van der Waals surface area contributed by atoms with Gasteiger partial charge in [0.15, 0.2) is 0 Å². The molecule has 1 aliphatic rings. The molecule has 0 aromatic carbocycles. The van der Waals surface area contributed by atoms with E-state index in [-0.39, 0.29) is 0 Å². The van der Waals surface area contributed by atoms with Crippen LogP contribution in [0.4, 0.5) is 0 Å². The van der Waals surface area contributed by atoms with Crippen molar-refractivity contribution in [3.63, 3.8) is 0 Å². The van der Waals surface area contributed by atoms with Crippen molar-refractivity contribution in [1.82, 2.24) is 0 Å². The Bertz CT molecular complexity index is 90.6. The largest absolute Gasteiger partial charge is 0.198 e.